The number of pyridine rings is 2. The smallest absolute Gasteiger partial charge is 0.415 e. The maximum Gasteiger partial charge on any atom is 0.415 e. The summed E-state index contributed by atoms with van der Waals surface area (Å²) in [7, 11) is 2.68. The van der Waals surface area contributed by atoms with Gasteiger partial charge in [0, 0.05) is 25.5 Å². The van der Waals surface area contributed by atoms with Crippen LogP contribution in [0, 0.1) is 5.82 Å². The SMILES string of the molecule is COC(=O)c1cnn2c(N(C)C(=O)OC(C)(C)C)cc(Nc3cccn(-c4ncccc4F)c3=O)nc12. The highest BCUT2D eigenvalue weighted by molar-refractivity contribution is 5.97. The summed E-state index contributed by atoms with van der Waals surface area (Å²) in [5.41, 5.74) is -1.24. The van der Waals surface area contributed by atoms with Crippen molar-refractivity contribution in [2.75, 3.05) is 24.4 Å². The van der Waals surface area contributed by atoms with Crippen LogP contribution in [-0.4, -0.2) is 56.0 Å². The molecular weight excluding hydrogens is 485 g/mol. The van der Waals surface area contributed by atoms with E-state index in [-0.39, 0.29) is 34.4 Å². The fourth-order valence-electron chi connectivity index (χ4n) is 3.38. The molecule has 37 heavy (non-hydrogen) atoms. The molecule has 13 heteroatoms. The van der Waals surface area contributed by atoms with Crippen LogP contribution in [0.5, 0.6) is 0 Å². The van der Waals surface area contributed by atoms with E-state index in [2.05, 4.69) is 20.4 Å². The number of carbonyl (C=O) groups excluding carboxylic acids is 2. The highest BCUT2D eigenvalue weighted by Gasteiger charge is 2.25. The molecule has 0 radical (unpaired) electrons. The topological polar surface area (TPSA) is 133 Å². The number of amides is 1. The Hall–Kier alpha value is -4.81. The number of ether oxygens (including phenoxy) is 2. The fraction of sp³-hybridized carbons (Fsp3) is 0.250. The van der Waals surface area contributed by atoms with Gasteiger partial charge >= 0.3 is 12.1 Å². The number of fused-ring (bicyclic) bond motifs is 1. The summed E-state index contributed by atoms with van der Waals surface area (Å²) >= 11 is 0. The number of nitrogens with one attached hydrogen (secondary N) is 1. The minimum atomic E-state index is -0.768. The van der Waals surface area contributed by atoms with E-state index in [1.807, 2.05) is 0 Å². The highest BCUT2D eigenvalue weighted by atomic mass is 19.1. The normalized spacial score (nSPS) is 11.3. The predicted molar refractivity (Wildman–Crippen MR) is 132 cm³/mol. The number of anilines is 3. The van der Waals surface area contributed by atoms with E-state index < -0.39 is 29.0 Å². The number of hydrogen-bond acceptors (Lipinski definition) is 9. The Balaban J connectivity index is 1.82. The van der Waals surface area contributed by atoms with Crippen LogP contribution in [0.25, 0.3) is 11.5 Å². The van der Waals surface area contributed by atoms with Crippen LogP contribution in [0.4, 0.5) is 26.5 Å². The average Bonchev–Trinajstić information content (AvgIpc) is 3.27. The van der Waals surface area contributed by atoms with Crippen LogP contribution in [0.3, 0.4) is 0 Å². The van der Waals surface area contributed by atoms with E-state index in [4.69, 9.17) is 9.47 Å². The highest BCUT2D eigenvalue weighted by Crippen LogP contribution is 2.25. The molecule has 0 bridgehead atoms. The van der Waals surface area contributed by atoms with Crippen molar-refractivity contribution in [1.82, 2.24) is 24.1 Å². The molecule has 0 saturated carbocycles. The zero-order chi connectivity index (χ0) is 26.9. The van der Waals surface area contributed by atoms with Crippen molar-refractivity contribution in [2.45, 2.75) is 26.4 Å². The Bertz CT molecular complexity index is 1560. The first-order valence-corrected chi connectivity index (χ1v) is 11.0. The molecule has 1 amide bonds. The van der Waals surface area contributed by atoms with E-state index in [9.17, 15) is 18.8 Å². The quantitative estimate of drug-likeness (QED) is 0.402. The van der Waals surface area contributed by atoms with E-state index >= 15 is 0 Å². The summed E-state index contributed by atoms with van der Waals surface area (Å²) < 4.78 is 26.9. The summed E-state index contributed by atoms with van der Waals surface area (Å²) in [6, 6.07) is 7.06. The third kappa shape index (κ3) is 5.10. The Labute approximate surface area is 210 Å². The molecule has 0 saturated heterocycles. The summed E-state index contributed by atoms with van der Waals surface area (Å²) in [5.74, 6) is -1.26. The van der Waals surface area contributed by atoms with Crippen molar-refractivity contribution in [1.29, 1.82) is 0 Å². The van der Waals surface area contributed by atoms with Crippen molar-refractivity contribution in [3.05, 3.63) is 70.7 Å². The van der Waals surface area contributed by atoms with Gasteiger partial charge in [0.2, 0.25) is 0 Å². The van der Waals surface area contributed by atoms with Gasteiger partial charge in [0.15, 0.2) is 17.3 Å². The Morgan fingerprint density at radius 2 is 1.95 bits per heavy atom. The lowest BCUT2D eigenvalue weighted by Crippen LogP contribution is -2.35. The van der Waals surface area contributed by atoms with Gasteiger partial charge in [-0.1, -0.05) is 0 Å². The van der Waals surface area contributed by atoms with Crippen molar-refractivity contribution < 1.29 is 23.5 Å². The number of aromatic nitrogens is 5. The molecule has 0 aliphatic heterocycles. The zero-order valence-electron chi connectivity index (χ0n) is 20.7. The monoisotopic (exact) mass is 509 g/mol. The third-order valence-corrected chi connectivity index (χ3v) is 5.05. The first-order chi connectivity index (χ1) is 17.5. The number of esters is 1. The van der Waals surface area contributed by atoms with E-state index in [0.29, 0.717) is 0 Å². The molecular formula is C24H24FN7O5. The van der Waals surface area contributed by atoms with E-state index in [1.54, 1.807) is 20.8 Å². The van der Waals surface area contributed by atoms with Gasteiger partial charge in [0.25, 0.3) is 5.56 Å². The van der Waals surface area contributed by atoms with Crippen LogP contribution in [0.1, 0.15) is 31.1 Å². The molecule has 4 aromatic rings. The average molecular weight is 509 g/mol. The molecule has 4 heterocycles. The molecule has 12 nitrogen and oxygen atoms in total. The second kappa shape index (κ2) is 9.68. The van der Waals surface area contributed by atoms with Crippen molar-refractivity contribution in [2.24, 2.45) is 0 Å². The van der Waals surface area contributed by atoms with Crippen LogP contribution in [0.2, 0.25) is 0 Å². The third-order valence-electron chi connectivity index (χ3n) is 5.05. The van der Waals surface area contributed by atoms with Gasteiger partial charge < -0.3 is 14.8 Å². The standard InChI is InChI=1S/C24H24FN7O5/c1-24(2,3)37-23(35)30(4)18-12-17(29-19-14(22(34)36-5)13-27-32(18)19)28-16-9-7-11-31(21(16)33)20-15(25)8-6-10-26-20/h6-13H,1-5H3,(H,28,29). The second-order valence-electron chi connectivity index (χ2n) is 8.86. The Morgan fingerprint density at radius 1 is 1.19 bits per heavy atom. The van der Waals surface area contributed by atoms with Gasteiger partial charge in [0.05, 0.1) is 13.3 Å². The number of methoxy groups -OCH3 is 1. The molecule has 1 N–H and O–H groups in total. The van der Waals surface area contributed by atoms with Gasteiger partial charge in [-0.3, -0.25) is 14.3 Å². The fourth-order valence-corrected chi connectivity index (χ4v) is 3.38. The molecule has 0 aromatic carbocycles. The number of halogens is 1. The van der Waals surface area contributed by atoms with Crippen LogP contribution < -0.4 is 15.8 Å². The van der Waals surface area contributed by atoms with Crippen LogP contribution >= 0.6 is 0 Å². The maximum atomic E-state index is 14.3. The zero-order valence-corrected chi connectivity index (χ0v) is 20.7. The molecule has 0 aliphatic rings. The van der Waals surface area contributed by atoms with Gasteiger partial charge in [-0.2, -0.15) is 9.61 Å². The molecule has 0 unspecified atom stereocenters. The number of carbonyl (C=O) groups is 2. The molecule has 0 atom stereocenters. The molecule has 0 aliphatic carbocycles. The second-order valence-corrected chi connectivity index (χ2v) is 8.86. The summed E-state index contributed by atoms with van der Waals surface area (Å²) in [4.78, 5) is 47.8. The summed E-state index contributed by atoms with van der Waals surface area (Å²) in [6.45, 7) is 5.17. The molecule has 4 rings (SSSR count). The lowest BCUT2D eigenvalue weighted by molar-refractivity contribution is 0.0583. The van der Waals surface area contributed by atoms with Gasteiger partial charge in [0.1, 0.15) is 28.5 Å². The largest absolute Gasteiger partial charge is 0.465 e. The number of hydrogen-bond donors (Lipinski definition) is 1. The summed E-state index contributed by atoms with van der Waals surface area (Å²) in [6.07, 6.45) is 3.31. The minimum absolute atomic E-state index is 0.0334. The molecule has 192 valence electrons. The molecule has 0 spiro atoms. The van der Waals surface area contributed by atoms with Crippen LogP contribution in [0.15, 0.2) is 53.7 Å². The van der Waals surface area contributed by atoms with E-state index in [0.717, 1.165) is 4.57 Å². The van der Waals surface area contributed by atoms with Crippen molar-refractivity contribution >= 4 is 35.0 Å². The minimum Gasteiger partial charge on any atom is -0.465 e. The molecule has 0 fully saturated rings. The predicted octanol–water partition coefficient (Wildman–Crippen LogP) is 3.32. The van der Waals surface area contributed by atoms with Crippen molar-refractivity contribution in [3.8, 4) is 5.82 Å². The lowest BCUT2D eigenvalue weighted by atomic mass is 10.2. The number of rotatable bonds is 5. The maximum absolute atomic E-state index is 14.3. The first-order valence-electron chi connectivity index (χ1n) is 11.0. The van der Waals surface area contributed by atoms with Gasteiger partial charge in [-0.25, -0.2) is 23.9 Å². The van der Waals surface area contributed by atoms with E-state index in [1.165, 1.54) is 72.5 Å². The Kier molecular flexibility index (Phi) is 6.62. The number of nitrogens with zero attached hydrogens (tertiary/aromatic N) is 6. The van der Waals surface area contributed by atoms with Crippen molar-refractivity contribution in [3.63, 3.8) is 0 Å². The summed E-state index contributed by atoms with van der Waals surface area (Å²) in [5, 5.41) is 7.06. The first kappa shape index (κ1) is 25.3. The van der Waals surface area contributed by atoms with Gasteiger partial charge in [-0.15, -0.1) is 0 Å². The Morgan fingerprint density at radius 3 is 2.62 bits per heavy atom. The van der Waals surface area contributed by atoms with Crippen LogP contribution in [-0.2, 0) is 9.47 Å². The van der Waals surface area contributed by atoms with Gasteiger partial charge in [-0.05, 0) is 45.0 Å². The molecule has 4 aromatic heterocycles. The lowest BCUT2D eigenvalue weighted by Gasteiger charge is -2.25.